The van der Waals surface area contributed by atoms with Crippen LogP contribution >= 0.6 is 36.3 Å². The molecule has 1 atom stereocenters. The molecule has 0 spiro atoms. The molecule has 0 aromatic carbocycles. The maximum Gasteiger partial charge on any atom is 0.239 e. The molecule has 2 aliphatic heterocycles. The van der Waals surface area contributed by atoms with Crippen LogP contribution in [-0.2, 0) is 11.2 Å². The van der Waals surface area contributed by atoms with Gasteiger partial charge in [-0.3, -0.25) is 4.79 Å². The van der Waals surface area contributed by atoms with Crippen LogP contribution in [-0.4, -0.2) is 58.9 Å². The Balaban J connectivity index is 0.00000144. The molecule has 0 bridgehead atoms. The van der Waals surface area contributed by atoms with Gasteiger partial charge in [0, 0.05) is 44.1 Å². The second kappa shape index (κ2) is 10.4. The Morgan fingerprint density at radius 1 is 1.21 bits per heavy atom. The number of carbonyl (C=O) groups excluding carboxylic acids is 1. The number of piperidine rings is 1. The minimum atomic E-state index is 0. The van der Waals surface area contributed by atoms with E-state index in [4.69, 9.17) is 0 Å². The normalized spacial score (nSPS) is 21.5. The molecule has 3 rings (SSSR count). The van der Waals surface area contributed by atoms with Crippen molar-refractivity contribution in [2.24, 2.45) is 0 Å². The Bertz CT molecular complexity index is 510. The zero-order valence-electron chi connectivity index (χ0n) is 14.1. The van der Waals surface area contributed by atoms with Gasteiger partial charge in [0.25, 0.3) is 0 Å². The summed E-state index contributed by atoms with van der Waals surface area (Å²) >= 11 is 1.48. The minimum Gasteiger partial charge on any atom is -0.345 e. The molecule has 0 saturated carbocycles. The summed E-state index contributed by atoms with van der Waals surface area (Å²) < 4.78 is 4.37. The fourth-order valence-corrected chi connectivity index (χ4v) is 3.93. The van der Waals surface area contributed by atoms with Crippen LogP contribution < -0.4 is 10.2 Å². The summed E-state index contributed by atoms with van der Waals surface area (Å²) in [7, 11) is 0. The lowest BCUT2D eigenvalue weighted by Gasteiger charge is -2.29. The molecule has 3 heterocycles. The molecule has 1 aromatic heterocycles. The van der Waals surface area contributed by atoms with Crippen molar-refractivity contribution in [2.45, 2.75) is 45.1 Å². The van der Waals surface area contributed by atoms with Gasteiger partial charge >= 0.3 is 0 Å². The largest absolute Gasteiger partial charge is 0.345 e. The molecule has 0 unspecified atom stereocenters. The molecule has 9 heteroatoms. The number of carbonyl (C=O) groups is 1. The van der Waals surface area contributed by atoms with Crippen LogP contribution in [0.2, 0.25) is 0 Å². The molecule has 1 aromatic rings. The molecule has 0 aliphatic carbocycles. The number of halogens is 2. The number of hydrogen-bond donors (Lipinski definition) is 1. The van der Waals surface area contributed by atoms with E-state index in [0.717, 1.165) is 69.4 Å². The summed E-state index contributed by atoms with van der Waals surface area (Å²) in [6, 6.07) is 0.0357. The average molecular weight is 396 g/mol. The second-order valence-electron chi connectivity index (χ2n) is 6.02. The lowest BCUT2D eigenvalue weighted by molar-refractivity contribution is -0.133. The summed E-state index contributed by atoms with van der Waals surface area (Å²) in [6.45, 7) is 6.51. The van der Waals surface area contributed by atoms with Crippen molar-refractivity contribution in [1.29, 1.82) is 0 Å². The highest BCUT2D eigenvalue weighted by Crippen LogP contribution is 2.20. The van der Waals surface area contributed by atoms with E-state index in [0.29, 0.717) is 0 Å². The number of nitrogens with zero attached hydrogens (tertiary/aromatic N) is 4. The number of anilines is 1. The topological polar surface area (TPSA) is 61.4 Å². The molecular formula is C15H27Cl2N5OS. The van der Waals surface area contributed by atoms with Crippen LogP contribution in [0.4, 0.5) is 5.13 Å². The third-order valence-electron chi connectivity index (χ3n) is 4.46. The lowest BCUT2D eigenvalue weighted by Crippen LogP contribution is -2.49. The fraction of sp³-hybridized carbons (Fsp3) is 0.800. The smallest absolute Gasteiger partial charge is 0.239 e. The van der Waals surface area contributed by atoms with Gasteiger partial charge in [-0.05, 0) is 25.8 Å². The van der Waals surface area contributed by atoms with Crippen LogP contribution in [0.25, 0.3) is 0 Å². The van der Waals surface area contributed by atoms with E-state index >= 15 is 0 Å². The van der Waals surface area contributed by atoms with Gasteiger partial charge in [0.15, 0.2) is 0 Å². The van der Waals surface area contributed by atoms with Gasteiger partial charge in [0.2, 0.25) is 11.0 Å². The van der Waals surface area contributed by atoms with E-state index in [1.54, 1.807) is 0 Å². The van der Waals surface area contributed by atoms with Crippen molar-refractivity contribution in [3.63, 3.8) is 0 Å². The first kappa shape index (κ1) is 21.4. The summed E-state index contributed by atoms with van der Waals surface area (Å²) in [5.74, 6) is 1.21. The molecule has 6 nitrogen and oxygen atoms in total. The third kappa shape index (κ3) is 5.18. The van der Waals surface area contributed by atoms with Gasteiger partial charge in [-0.25, -0.2) is 4.98 Å². The first-order chi connectivity index (χ1) is 10.8. The average Bonchev–Trinajstić information content (AvgIpc) is 2.92. The van der Waals surface area contributed by atoms with Crippen molar-refractivity contribution in [3.05, 3.63) is 5.82 Å². The van der Waals surface area contributed by atoms with E-state index in [-0.39, 0.29) is 36.8 Å². The van der Waals surface area contributed by atoms with Crippen LogP contribution in [0, 0.1) is 0 Å². The molecule has 138 valence electrons. The van der Waals surface area contributed by atoms with Crippen LogP contribution in [0.15, 0.2) is 0 Å². The van der Waals surface area contributed by atoms with Gasteiger partial charge in [-0.15, -0.1) is 24.8 Å². The molecule has 1 amide bonds. The van der Waals surface area contributed by atoms with E-state index < -0.39 is 0 Å². The van der Waals surface area contributed by atoms with Gasteiger partial charge in [-0.2, -0.15) is 4.37 Å². The standard InChI is InChI=1S/C15H25N5OS.2ClH/c1-2-13-17-15(22-18-13)20-9-5-8-19(10-11-20)14(21)12-6-3-4-7-16-12;;/h12,16H,2-11H2,1H3;2*1H/t12-;;/m1../s1. The van der Waals surface area contributed by atoms with E-state index in [9.17, 15) is 4.79 Å². The van der Waals surface area contributed by atoms with Crippen molar-refractivity contribution < 1.29 is 4.79 Å². The van der Waals surface area contributed by atoms with Gasteiger partial charge in [0.05, 0.1) is 6.04 Å². The highest BCUT2D eigenvalue weighted by atomic mass is 35.5. The van der Waals surface area contributed by atoms with Gasteiger partial charge in [-0.1, -0.05) is 13.3 Å². The molecule has 2 aliphatic rings. The Labute approximate surface area is 160 Å². The molecule has 2 fully saturated rings. The second-order valence-corrected chi connectivity index (χ2v) is 6.75. The van der Waals surface area contributed by atoms with Crippen molar-refractivity contribution >= 4 is 47.4 Å². The SMILES string of the molecule is CCc1nsc(N2CCCN(C(=O)[C@H]3CCCCN3)CC2)n1.Cl.Cl. The Morgan fingerprint density at radius 2 is 2.04 bits per heavy atom. The van der Waals surface area contributed by atoms with Crippen LogP contribution in [0.5, 0.6) is 0 Å². The Hall–Kier alpha value is -0.630. The van der Waals surface area contributed by atoms with E-state index in [1.807, 2.05) is 4.90 Å². The Kier molecular flexibility index (Phi) is 9.26. The molecular weight excluding hydrogens is 369 g/mol. The van der Waals surface area contributed by atoms with Crippen molar-refractivity contribution in [3.8, 4) is 0 Å². The molecule has 1 N–H and O–H groups in total. The minimum absolute atomic E-state index is 0. The number of hydrogen-bond acceptors (Lipinski definition) is 6. The zero-order valence-corrected chi connectivity index (χ0v) is 16.5. The third-order valence-corrected chi connectivity index (χ3v) is 5.27. The van der Waals surface area contributed by atoms with Crippen LogP contribution in [0.3, 0.4) is 0 Å². The predicted molar refractivity (Wildman–Crippen MR) is 103 cm³/mol. The maximum atomic E-state index is 12.6. The summed E-state index contributed by atoms with van der Waals surface area (Å²) in [5, 5.41) is 4.37. The summed E-state index contributed by atoms with van der Waals surface area (Å²) in [4.78, 5) is 21.5. The number of aryl methyl sites for hydroxylation is 1. The number of aromatic nitrogens is 2. The number of rotatable bonds is 3. The van der Waals surface area contributed by atoms with Crippen molar-refractivity contribution in [2.75, 3.05) is 37.6 Å². The maximum absolute atomic E-state index is 12.6. The number of amides is 1. The summed E-state index contributed by atoms with van der Waals surface area (Å²) in [6.07, 6.45) is 5.21. The molecule has 2 saturated heterocycles. The monoisotopic (exact) mass is 395 g/mol. The van der Waals surface area contributed by atoms with Crippen LogP contribution in [0.1, 0.15) is 38.4 Å². The zero-order chi connectivity index (χ0) is 15.4. The highest BCUT2D eigenvalue weighted by Gasteiger charge is 2.27. The highest BCUT2D eigenvalue weighted by molar-refractivity contribution is 7.09. The van der Waals surface area contributed by atoms with Crippen molar-refractivity contribution in [1.82, 2.24) is 19.6 Å². The summed E-state index contributed by atoms with van der Waals surface area (Å²) in [5.41, 5.74) is 0. The lowest BCUT2D eigenvalue weighted by atomic mass is 10.0. The molecule has 0 radical (unpaired) electrons. The quantitative estimate of drug-likeness (QED) is 0.848. The molecule has 24 heavy (non-hydrogen) atoms. The van der Waals surface area contributed by atoms with Gasteiger partial charge in [0.1, 0.15) is 5.82 Å². The van der Waals surface area contributed by atoms with E-state index in [2.05, 4.69) is 26.5 Å². The predicted octanol–water partition coefficient (Wildman–Crippen LogP) is 2.12. The Morgan fingerprint density at radius 3 is 2.71 bits per heavy atom. The van der Waals surface area contributed by atoms with E-state index in [1.165, 1.54) is 18.0 Å². The van der Waals surface area contributed by atoms with Gasteiger partial charge < -0.3 is 15.1 Å². The first-order valence-electron chi connectivity index (χ1n) is 8.37. The first-order valence-corrected chi connectivity index (χ1v) is 9.15. The fourth-order valence-electron chi connectivity index (χ4n) is 3.13. The number of nitrogens with one attached hydrogen (secondary N) is 1.